The van der Waals surface area contributed by atoms with Crippen molar-refractivity contribution in [1.29, 1.82) is 0 Å². The van der Waals surface area contributed by atoms with Gasteiger partial charge < -0.3 is 4.98 Å². The van der Waals surface area contributed by atoms with E-state index in [2.05, 4.69) is 16.9 Å². The third-order valence-electron chi connectivity index (χ3n) is 3.58. The highest BCUT2D eigenvalue weighted by atomic mass is 16.1. The van der Waals surface area contributed by atoms with Gasteiger partial charge in [-0.1, -0.05) is 26.7 Å². The number of hydrogen-bond donors (Lipinski definition) is 1. The van der Waals surface area contributed by atoms with Crippen molar-refractivity contribution >= 4 is 0 Å². The lowest BCUT2D eigenvalue weighted by atomic mass is 9.82. The first-order chi connectivity index (χ1) is 7.69. The van der Waals surface area contributed by atoms with E-state index in [1.54, 1.807) is 6.07 Å². The Hall–Kier alpha value is -1.12. The van der Waals surface area contributed by atoms with Crippen molar-refractivity contribution in [2.24, 2.45) is 5.92 Å². The van der Waals surface area contributed by atoms with Gasteiger partial charge in [0.05, 0.1) is 0 Å². The average Bonchev–Trinajstić information content (AvgIpc) is 2.29. The quantitative estimate of drug-likeness (QED) is 0.832. The number of aromatic nitrogens is 2. The van der Waals surface area contributed by atoms with Crippen LogP contribution < -0.4 is 5.56 Å². The molecule has 0 aromatic carbocycles. The maximum atomic E-state index is 11.5. The van der Waals surface area contributed by atoms with Crippen LogP contribution in [0.2, 0.25) is 0 Å². The van der Waals surface area contributed by atoms with E-state index in [4.69, 9.17) is 0 Å². The first kappa shape index (κ1) is 11.4. The van der Waals surface area contributed by atoms with Crippen LogP contribution in [0, 0.1) is 5.92 Å². The largest absolute Gasteiger partial charge is 0.310 e. The van der Waals surface area contributed by atoms with E-state index in [1.807, 2.05) is 6.92 Å². The van der Waals surface area contributed by atoms with Crippen molar-refractivity contribution in [2.45, 2.75) is 51.9 Å². The van der Waals surface area contributed by atoms with E-state index in [9.17, 15) is 4.79 Å². The molecule has 2 rings (SSSR count). The molecule has 0 spiro atoms. The highest BCUT2D eigenvalue weighted by Gasteiger charge is 2.21. The Kier molecular flexibility index (Phi) is 3.42. The van der Waals surface area contributed by atoms with E-state index >= 15 is 0 Å². The zero-order chi connectivity index (χ0) is 11.5. The van der Waals surface area contributed by atoms with E-state index in [1.165, 1.54) is 12.8 Å². The molecule has 1 saturated carbocycles. The van der Waals surface area contributed by atoms with Crippen molar-refractivity contribution in [2.75, 3.05) is 0 Å². The molecule has 1 N–H and O–H groups in total. The van der Waals surface area contributed by atoms with Crippen LogP contribution in [-0.4, -0.2) is 9.97 Å². The van der Waals surface area contributed by atoms with Crippen LogP contribution in [0.25, 0.3) is 0 Å². The summed E-state index contributed by atoms with van der Waals surface area (Å²) in [5.41, 5.74) is 0.915. The normalized spacial score (nSPS) is 25.6. The molecule has 0 bridgehead atoms. The van der Waals surface area contributed by atoms with Crippen molar-refractivity contribution in [1.82, 2.24) is 9.97 Å². The highest BCUT2D eigenvalue weighted by molar-refractivity contribution is 5.06. The van der Waals surface area contributed by atoms with Crippen LogP contribution in [0.1, 0.15) is 57.0 Å². The molecule has 3 nitrogen and oxygen atoms in total. The second-order valence-corrected chi connectivity index (χ2v) is 4.93. The smallest absolute Gasteiger partial charge is 0.251 e. The highest BCUT2D eigenvalue weighted by Crippen LogP contribution is 2.33. The SMILES string of the molecule is CCc1cc(=O)[nH]c(C2CCC(C)CC2)n1. The number of rotatable bonds is 2. The molecule has 1 aromatic heterocycles. The third kappa shape index (κ3) is 2.52. The van der Waals surface area contributed by atoms with E-state index < -0.39 is 0 Å². The van der Waals surface area contributed by atoms with Crippen LogP contribution in [0.15, 0.2) is 10.9 Å². The standard InChI is InChI=1S/C13H20N2O/c1-3-11-8-12(16)15-13(14-11)10-6-4-9(2)5-7-10/h8-10H,3-7H2,1-2H3,(H,14,15,16). The van der Waals surface area contributed by atoms with Crippen LogP contribution in [0.5, 0.6) is 0 Å². The van der Waals surface area contributed by atoms with Gasteiger partial charge >= 0.3 is 0 Å². The zero-order valence-electron chi connectivity index (χ0n) is 10.1. The molecule has 1 aliphatic carbocycles. The second-order valence-electron chi connectivity index (χ2n) is 4.93. The minimum absolute atomic E-state index is 0.000437. The van der Waals surface area contributed by atoms with Gasteiger partial charge in [0.15, 0.2) is 0 Å². The van der Waals surface area contributed by atoms with Crippen molar-refractivity contribution < 1.29 is 0 Å². The summed E-state index contributed by atoms with van der Waals surface area (Å²) < 4.78 is 0. The zero-order valence-corrected chi connectivity index (χ0v) is 10.1. The monoisotopic (exact) mass is 220 g/mol. The van der Waals surface area contributed by atoms with E-state index in [0.29, 0.717) is 5.92 Å². The van der Waals surface area contributed by atoms with Gasteiger partial charge in [-0.15, -0.1) is 0 Å². The molecule has 0 amide bonds. The summed E-state index contributed by atoms with van der Waals surface area (Å²) in [5.74, 6) is 2.21. The van der Waals surface area contributed by atoms with Crippen LogP contribution in [0.3, 0.4) is 0 Å². The molecule has 88 valence electrons. The molecule has 3 heteroatoms. The number of H-pyrrole nitrogens is 1. The second kappa shape index (κ2) is 4.81. The van der Waals surface area contributed by atoms with Gasteiger partial charge in [-0.05, 0) is 25.2 Å². The molecular formula is C13H20N2O. The Morgan fingerprint density at radius 3 is 2.69 bits per heavy atom. The molecule has 1 heterocycles. The topological polar surface area (TPSA) is 45.8 Å². The minimum Gasteiger partial charge on any atom is -0.310 e. The maximum Gasteiger partial charge on any atom is 0.251 e. The maximum absolute atomic E-state index is 11.5. The number of aryl methyl sites for hydroxylation is 1. The lowest BCUT2D eigenvalue weighted by molar-refractivity contribution is 0.339. The molecule has 0 radical (unpaired) electrons. The van der Waals surface area contributed by atoms with Crippen LogP contribution in [-0.2, 0) is 6.42 Å². The summed E-state index contributed by atoms with van der Waals surface area (Å²) in [6, 6.07) is 1.61. The fraction of sp³-hybridized carbons (Fsp3) is 0.692. The minimum atomic E-state index is 0.000437. The first-order valence-corrected chi connectivity index (χ1v) is 6.29. The number of aromatic amines is 1. The number of hydrogen-bond acceptors (Lipinski definition) is 2. The Morgan fingerprint density at radius 1 is 1.38 bits per heavy atom. The lowest BCUT2D eigenvalue weighted by Crippen LogP contribution is -2.19. The molecule has 1 aromatic rings. The average molecular weight is 220 g/mol. The molecular weight excluding hydrogens is 200 g/mol. The van der Waals surface area contributed by atoms with Crippen molar-refractivity contribution in [3.05, 3.63) is 27.9 Å². The molecule has 0 aliphatic heterocycles. The molecule has 1 fully saturated rings. The summed E-state index contributed by atoms with van der Waals surface area (Å²) >= 11 is 0. The van der Waals surface area contributed by atoms with Gasteiger partial charge in [0.2, 0.25) is 0 Å². The van der Waals surface area contributed by atoms with Gasteiger partial charge in [-0.25, -0.2) is 4.98 Å². The van der Waals surface area contributed by atoms with Crippen LogP contribution >= 0.6 is 0 Å². The first-order valence-electron chi connectivity index (χ1n) is 6.29. The number of nitrogens with one attached hydrogen (secondary N) is 1. The Balaban J connectivity index is 2.20. The van der Waals surface area contributed by atoms with Gasteiger partial charge in [-0.3, -0.25) is 4.79 Å². The number of nitrogens with zero attached hydrogens (tertiary/aromatic N) is 1. The van der Waals surface area contributed by atoms with Gasteiger partial charge in [0.1, 0.15) is 5.82 Å². The Morgan fingerprint density at radius 2 is 2.06 bits per heavy atom. The van der Waals surface area contributed by atoms with Crippen molar-refractivity contribution in [3.63, 3.8) is 0 Å². The third-order valence-corrected chi connectivity index (χ3v) is 3.58. The summed E-state index contributed by atoms with van der Waals surface area (Å²) in [6.45, 7) is 4.34. The molecule has 0 atom stereocenters. The summed E-state index contributed by atoms with van der Waals surface area (Å²) in [6.07, 6.45) is 5.67. The van der Waals surface area contributed by atoms with Gasteiger partial charge in [0, 0.05) is 17.7 Å². The summed E-state index contributed by atoms with van der Waals surface area (Å²) in [7, 11) is 0. The predicted molar refractivity (Wildman–Crippen MR) is 64.6 cm³/mol. The Bertz CT molecular complexity index is 403. The molecule has 0 saturated heterocycles. The van der Waals surface area contributed by atoms with Crippen molar-refractivity contribution in [3.8, 4) is 0 Å². The lowest BCUT2D eigenvalue weighted by Gasteiger charge is -2.25. The fourth-order valence-corrected chi connectivity index (χ4v) is 2.44. The predicted octanol–water partition coefficient (Wildman–Crippen LogP) is 2.63. The van der Waals surface area contributed by atoms with Gasteiger partial charge in [0.25, 0.3) is 5.56 Å². The van der Waals surface area contributed by atoms with E-state index in [0.717, 1.165) is 36.7 Å². The molecule has 16 heavy (non-hydrogen) atoms. The van der Waals surface area contributed by atoms with Gasteiger partial charge in [-0.2, -0.15) is 0 Å². The van der Waals surface area contributed by atoms with E-state index in [-0.39, 0.29) is 5.56 Å². The fourth-order valence-electron chi connectivity index (χ4n) is 2.44. The molecule has 0 unspecified atom stereocenters. The Labute approximate surface area is 96.3 Å². The summed E-state index contributed by atoms with van der Waals surface area (Å²) in [4.78, 5) is 18.9. The molecule has 1 aliphatic rings. The summed E-state index contributed by atoms with van der Waals surface area (Å²) in [5, 5.41) is 0. The van der Waals surface area contributed by atoms with Crippen LogP contribution in [0.4, 0.5) is 0 Å².